The van der Waals surface area contributed by atoms with Gasteiger partial charge >= 0.3 is 0 Å². The standard InChI is InChI=1S/C14H22N4O.C2H6/c1-10(15)12(9-18(3)4)8-16-14-7-5-6-13(17-14)11(2)19;1-2/h5-8,10H,9,15H2,1-4H3,(H,16,17);1-2H3/b12-8-;. The Morgan fingerprint density at radius 2 is 2.05 bits per heavy atom. The molecule has 0 saturated heterocycles. The quantitative estimate of drug-likeness (QED) is 0.788. The summed E-state index contributed by atoms with van der Waals surface area (Å²) >= 11 is 0. The molecule has 1 aromatic rings. The van der Waals surface area contributed by atoms with Gasteiger partial charge in [-0.1, -0.05) is 19.9 Å². The number of nitrogens with one attached hydrogen (secondary N) is 1. The predicted octanol–water partition coefficient (Wildman–Crippen LogP) is 2.51. The van der Waals surface area contributed by atoms with Crippen molar-refractivity contribution < 1.29 is 4.79 Å². The van der Waals surface area contributed by atoms with E-state index in [9.17, 15) is 4.79 Å². The summed E-state index contributed by atoms with van der Waals surface area (Å²) in [5.74, 6) is 0.595. The van der Waals surface area contributed by atoms with Gasteiger partial charge in [-0.25, -0.2) is 4.98 Å². The first-order valence-electron chi connectivity index (χ1n) is 7.24. The molecule has 0 aromatic carbocycles. The zero-order chi connectivity index (χ0) is 16.4. The van der Waals surface area contributed by atoms with Gasteiger partial charge in [-0.15, -0.1) is 0 Å². The van der Waals surface area contributed by atoms with E-state index in [1.165, 1.54) is 6.92 Å². The van der Waals surface area contributed by atoms with Gasteiger partial charge in [0.15, 0.2) is 5.78 Å². The molecule has 1 rings (SSSR count). The minimum atomic E-state index is -0.0478. The van der Waals surface area contributed by atoms with E-state index in [0.29, 0.717) is 11.5 Å². The van der Waals surface area contributed by atoms with E-state index < -0.39 is 0 Å². The van der Waals surface area contributed by atoms with Crippen LogP contribution >= 0.6 is 0 Å². The summed E-state index contributed by atoms with van der Waals surface area (Å²) < 4.78 is 0. The second-order valence-electron chi connectivity index (χ2n) is 4.85. The molecule has 1 aromatic heterocycles. The Labute approximate surface area is 128 Å². The number of anilines is 1. The van der Waals surface area contributed by atoms with Gasteiger partial charge in [0.05, 0.1) is 0 Å². The van der Waals surface area contributed by atoms with Crippen LogP contribution in [-0.2, 0) is 0 Å². The summed E-state index contributed by atoms with van der Waals surface area (Å²) in [5, 5.41) is 3.09. The second kappa shape index (κ2) is 10.1. The Bertz CT molecular complexity index is 467. The van der Waals surface area contributed by atoms with Crippen LogP contribution in [0.1, 0.15) is 38.2 Å². The lowest BCUT2D eigenvalue weighted by atomic mass is 10.1. The first-order chi connectivity index (χ1) is 9.90. The molecule has 0 saturated carbocycles. The van der Waals surface area contributed by atoms with Gasteiger partial charge < -0.3 is 16.0 Å². The highest BCUT2D eigenvalue weighted by Crippen LogP contribution is 2.08. The highest BCUT2D eigenvalue weighted by atomic mass is 16.1. The predicted molar refractivity (Wildman–Crippen MR) is 89.5 cm³/mol. The van der Waals surface area contributed by atoms with Crippen molar-refractivity contribution in [2.75, 3.05) is 26.0 Å². The van der Waals surface area contributed by atoms with Crippen LogP contribution in [0.4, 0.5) is 5.82 Å². The summed E-state index contributed by atoms with van der Waals surface area (Å²) in [6.07, 6.45) is 1.86. The van der Waals surface area contributed by atoms with Crippen molar-refractivity contribution in [2.45, 2.75) is 33.7 Å². The molecule has 0 radical (unpaired) electrons. The summed E-state index contributed by atoms with van der Waals surface area (Å²) in [4.78, 5) is 17.5. The lowest BCUT2D eigenvalue weighted by molar-refractivity contribution is 0.101. The molecule has 0 bridgehead atoms. The molecule has 118 valence electrons. The lowest BCUT2D eigenvalue weighted by Gasteiger charge is -2.16. The minimum Gasteiger partial charge on any atom is -0.347 e. The number of likely N-dealkylation sites (N-methyl/N-ethyl adjacent to an activating group) is 1. The fraction of sp³-hybridized carbons (Fsp3) is 0.500. The molecule has 0 aliphatic carbocycles. The van der Waals surface area contributed by atoms with Crippen LogP contribution in [-0.4, -0.2) is 42.3 Å². The lowest BCUT2D eigenvalue weighted by Crippen LogP contribution is -2.27. The molecule has 5 heteroatoms. The fourth-order valence-electron chi connectivity index (χ4n) is 1.56. The number of hydrogen-bond donors (Lipinski definition) is 2. The van der Waals surface area contributed by atoms with Crippen molar-refractivity contribution in [1.82, 2.24) is 9.88 Å². The first kappa shape index (κ1) is 19.3. The van der Waals surface area contributed by atoms with Crippen LogP contribution in [0.25, 0.3) is 0 Å². The van der Waals surface area contributed by atoms with Gasteiger partial charge in [-0.2, -0.15) is 0 Å². The molecule has 0 spiro atoms. The molecule has 5 nitrogen and oxygen atoms in total. The zero-order valence-corrected chi connectivity index (χ0v) is 14.0. The van der Waals surface area contributed by atoms with E-state index in [2.05, 4.69) is 15.2 Å². The fourth-order valence-corrected chi connectivity index (χ4v) is 1.56. The van der Waals surface area contributed by atoms with Gasteiger partial charge in [-0.05, 0) is 38.7 Å². The summed E-state index contributed by atoms with van der Waals surface area (Å²) in [6.45, 7) is 8.22. The molecule has 0 aliphatic heterocycles. The average Bonchev–Trinajstić information content (AvgIpc) is 2.45. The largest absolute Gasteiger partial charge is 0.347 e. The van der Waals surface area contributed by atoms with Crippen LogP contribution in [0, 0.1) is 0 Å². The third-order valence-corrected chi connectivity index (χ3v) is 2.60. The SMILES string of the molecule is CC.CC(=O)c1cccc(N/C=C(/CN(C)C)C(C)N)n1. The number of aromatic nitrogens is 1. The van der Waals surface area contributed by atoms with E-state index in [-0.39, 0.29) is 11.8 Å². The number of nitrogens with two attached hydrogens (primary N) is 1. The van der Waals surface area contributed by atoms with Crippen molar-refractivity contribution in [3.63, 3.8) is 0 Å². The van der Waals surface area contributed by atoms with Crippen molar-refractivity contribution >= 4 is 11.6 Å². The van der Waals surface area contributed by atoms with E-state index in [1.54, 1.807) is 12.1 Å². The van der Waals surface area contributed by atoms with E-state index in [1.807, 2.05) is 47.1 Å². The Morgan fingerprint density at radius 3 is 2.52 bits per heavy atom. The third kappa shape index (κ3) is 7.58. The molecule has 1 unspecified atom stereocenters. The number of hydrogen-bond acceptors (Lipinski definition) is 5. The zero-order valence-electron chi connectivity index (χ0n) is 14.0. The maximum absolute atomic E-state index is 11.3. The van der Waals surface area contributed by atoms with Crippen LogP contribution < -0.4 is 11.1 Å². The molecule has 3 N–H and O–H groups in total. The average molecular weight is 292 g/mol. The first-order valence-corrected chi connectivity index (χ1v) is 7.24. The van der Waals surface area contributed by atoms with E-state index in [4.69, 9.17) is 5.73 Å². The Morgan fingerprint density at radius 1 is 1.43 bits per heavy atom. The van der Waals surface area contributed by atoms with Crippen LogP contribution in [0.15, 0.2) is 30.0 Å². The Kier molecular flexibility index (Phi) is 9.25. The molecular formula is C16H28N4O. The van der Waals surface area contributed by atoms with Gasteiger partial charge in [0, 0.05) is 25.7 Å². The van der Waals surface area contributed by atoms with Crippen LogP contribution in [0.5, 0.6) is 0 Å². The van der Waals surface area contributed by atoms with Gasteiger partial charge in [0.25, 0.3) is 0 Å². The number of nitrogens with zero attached hydrogens (tertiary/aromatic N) is 2. The monoisotopic (exact) mass is 292 g/mol. The molecule has 0 amide bonds. The van der Waals surface area contributed by atoms with Gasteiger partial charge in [-0.3, -0.25) is 4.79 Å². The summed E-state index contributed by atoms with van der Waals surface area (Å²) in [7, 11) is 3.98. The molecule has 1 heterocycles. The number of carbonyl (C=O) groups is 1. The minimum absolute atomic E-state index is 0.0362. The number of pyridine rings is 1. The van der Waals surface area contributed by atoms with Crippen LogP contribution in [0.3, 0.4) is 0 Å². The van der Waals surface area contributed by atoms with Gasteiger partial charge in [0.1, 0.15) is 11.5 Å². The maximum Gasteiger partial charge on any atom is 0.178 e. The highest BCUT2D eigenvalue weighted by molar-refractivity contribution is 5.92. The maximum atomic E-state index is 11.3. The Balaban J connectivity index is 0.00000191. The second-order valence-corrected chi connectivity index (χ2v) is 4.85. The van der Waals surface area contributed by atoms with Crippen molar-refractivity contribution in [3.05, 3.63) is 35.7 Å². The summed E-state index contributed by atoms with van der Waals surface area (Å²) in [6, 6.07) is 5.28. The third-order valence-electron chi connectivity index (χ3n) is 2.60. The molecule has 0 aliphatic rings. The topological polar surface area (TPSA) is 71.2 Å². The Hall–Kier alpha value is -1.72. The number of rotatable bonds is 6. The highest BCUT2D eigenvalue weighted by Gasteiger charge is 2.06. The number of carbonyl (C=O) groups excluding carboxylic acids is 1. The molecule has 21 heavy (non-hydrogen) atoms. The van der Waals surface area contributed by atoms with Gasteiger partial charge in [0.2, 0.25) is 0 Å². The summed E-state index contributed by atoms with van der Waals surface area (Å²) in [5.41, 5.74) is 7.44. The van der Waals surface area contributed by atoms with Crippen molar-refractivity contribution in [2.24, 2.45) is 5.73 Å². The normalized spacial score (nSPS) is 12.5. The number of ketones is 1. The van der Waals surface area contributed by atoms with Crippen molar-refractivity contribution in [3.8, 4) is 0 Å². The molecule has 1 atom stereocenters. The number of Topliss-reactive ketones (excluding diaryl/α,β-unsaturated/α-hetero) is 1. The van der Waals surface area contributed by atoms with E-state index in [0.717, 1.165) is 12.1 Å². The molecular weight excluding hydrogens is 264 g/mol. The van der Waals surface area contributed by atoms with E-state index >= 15 is 0 Å². The van der Waals surface area contributed by atoms with Crippen LogP contribution in [0.2, 0.25) is 0 Å². The smallest absolute Gasteiger partial charge is 0.178 e. The molecule has 0 fully saturated rings. The van der Waals surface area contributed by atoms with Crippen molar-refractivity contribution in [1.29, 1.82) is 0 Å².